The largest absolute Gasteiger partial charge is 0.497 e. The van der Waals surface area contributed by atoms with Crippen molar-refractivity contribution in [2.75, 3.05) is 14.2 Å². The van der Waals surface area contributed by atoms with Crippen LogP contribution in [0.4, 0.5) is 0 Å². The van der Waals surface area contributed by atoms with E-state index >= 15 is 0 Å². The summed E-state index contributed by atoms with van der Waals surface area (Å²) in [6, 6.07) is 37.9. The summed E-state index contributed by atoms with van der Waals surface area (Å²) in [5.74, 6) is 1.73. The summed E-state index contributed by atoms with van der Waals surface area (Å²) in [6.45, 7) is 1.49. The van der Waals surface area contributed by atoms with E-state index in [4.69, 9.17) is 9.47 Å². The molecule has 0 amide bonds. The fourth-order valence-corrected chi connectivity index (χ4v) is 4.12. The second kappa shape index (κ2) is 12.0. The molecule has 0 aromatic heterocycles. The van der Waals surface area contributed by atoms with Gasteiger partial charge in [0, 0.05) is 13.1 Å². The maximum absolute atomic E-state index is 5.31. The molecule has 0 aliphatic heterocycles. The van der Waals surface area contributed by atoms with Crippen molar-refractivity contribution in [3.05, 3.63) is 131 Å². The normalized spacial score (nSPS) is 12.6. The number of nitrogens with one attached hydrogen (secondary N) is 2. The van der Waals surface area contributed by atoms with Gasteiger partial charge in [-0.15, -0.1) is 0 Å². The number of methoxy groups -OCH3 is 2. The molecule has 0 aliphatic rings. The molecule has 0 aliphatic carbocycles. The molecule has 2 N–H and O–H groups in total. The number of hydrogen-bond acceptors (Lipinski definition) is 4. The van der Waals surface area contributed by atoms with E-state index in [0.29, 0.717) is 0 Å². The molecule has 34 heavy (non-hydrogen) atoms. The first kappa shape index (κ1) is 23.6. The lowest BCUT2D eigenvalue weighted by Crippen LogP contribution is -2.35. The van der Waals surface area contributed by atoms with Gasteiger partial charge in [0.1, 0.15) is 11.5 Å². The number of rotatable bonds is 11. The molecule has 174 valence electrons. The van der Waals surface area contributed by atoms with Gasteiger partial charge in [0.05, 0.1) is 26.3 Å². The van der Waals surface area contributed by atoms with Crippen molar-refractivity contribution in [3.63, 3.8) is 0 Å². The molecule has 0 spiro atoms. The Labute approximate surface area is 202 Å². The quantitative estimate of drug-likeness (QED) is 0.290. The van der Waals surface area contributed by atoms with Gasteiger partial charge in [-0.25, -0.2) is 0 Å². The zero-order chi connectivity index (χ0) is 23.6. The Kier molecular flexibility index (Phi) is 8.33. The highest BCUT2D eigenvalue weighted by atomic mass is 16.5. The van der Waals surface area contributed by atoms with Crippen molar-refractivity contribution in [2.24, 2.45) is 0 Å². The van der Waals surface area contributed by atoms with Crippen LogP contribution in [-0.2, 0) is 13.1 Å². The minimum absolute atomic E-state index is 0.0731. The van der Waals surface area contributed by atoms with Crippen molar-refractivity contribution in [2.45, 2.75) is 25.2 Å². The third kappa shape index (κ3) is 6.25. The van der Waals surface area contributed by atoms with E-state index in [1.54, 1.807) is 14.2 Å². The predicted octanol–water partition coefficient (Wildman–Crippen LogP) is 6.07. The molecule has 0 saturated carbocycles. The molecule has 4 nitrogen and oxygen atoms in total. The summed E-state index contributed by atoms with van der Waals surface area (Å²) in [5.41, 5.74) is 4.91. The maximum atomic E-state index is 5.31. The second-order valence-corrected chi connectivity index (χ2v) is 8.23. The Bertz CT molecular complexity index is 1020. The third-order valence-corrected chi connectivity index (χ3v) is 6.02. The Hall–Kier alpha value is -3.60. The van der Waals surface area contributed by atoms with Crippen LogP contribution in [-0.4, -0.2) is 14.2 Å². The van der Waals surface area contributed by atoms with Crippen LogP contribution in [0.3, 0.4) is 0 Å². The van der Waals surface area contributed by atoms with Gasteiger partial charge in [-0.3, -0.25) is 0 Å². The molecule has 0 radical (unpaired) electrons. The summed E-state index contributed by atoms with van der Waals surface area (Å²) < 4.78 is 10.6. The zero-order valence-electron chi connectivity index (χ0n) is 19.8. The SMILES string of the molecule is COc1ccc(CN[C@H](c2ccccc2)[C@H](NCc2ccc(OC)cc2)c2ccccc2)cc1. The molecular weight excluding hydrogens is 420 g/mol. The van der Waals surface area contributed by atoms with Gasteiger partial charge in [-0.2, -0.15) is 0 Å². The second-order valence-electron chi connectivity index (χ2n) is 8.23. The van der Waals surface area contributed by atoms with E-state index in [0.717, 1.165) is 24.6 Å². The number of hydrogen-bond donors (Lipinski definition) is 2. The van der Waals surface area contributed by atoms with Crippen LogP contribution in [0.2, 0.25) is 0 Å². The average Bonchev–Trinajstić information content (AvgIpc) is 2.92. The lowest BCUT2D eigenvalue weighted by Gasteiger charge is -2.30. The molecule has 4 rings (SSSR count). The molecular formula is C30H32N2O2. The summed E-state index contributed by atoms with van der Waals surface area (Å²) >= 11 is 0. The summed E-state index contributed by atoms with van der Waals surface area (Å²) in [7, 11) is 3.38. The van der Waals surface area contributed by atoms with Gasteiger partial charge in [-0.05, 0) is 46.5 Å². The Balaban J connectivity index is 1.59. The van der Waals surface area contributed by atoms with E-state index in [1.807, 2.05) is 24.3 Å². The Morgan fingerprint density at radius 3 is 1.18 bits per heavy atom. The highest BCUT2D eigenvalue weighted by molar-refractivity contribution is 5.31. The molecule has 2 atom stereocenters. The molecule has 0 bridgehead atoms. The molecule has 4 heteroatoms. The van der Waals surface area contributed by atoms with Crippen molar-refractivity contribution in [1.82, 2.24) is 10.6 Å². The zero-order valence-corrected chi connectivity index (χ0v) is 19.8. The first-order valence-electron chi connectivity index (χ1n) is 11.6. The first-order chi connectivity index (χ1) is 16.8. The first-order valence-corrected chi connectivity index (χ1v) is 11.6. The molecule has 0 heterocycles. The monoisotopic (exact) mass is 452 g/mol. The maximum Gasteiger partial charge on any atom is 0.118 e. The topological polar surface area (TPSA) is 42.5 Å². The van der Waals surface area contributed by atoms with E-state index in [-0.39, 0.29) is 12.1 Å². The van der Waals surface area contributed by atoms with Gasteiger partial charge in [0.2, 0.25) is 0 Å². The highest BCUT2D eigenvalue weighted by Crippen LogP contribution is 2.30. The highest BCUT2D eigenvalue weighted by Gasteiger charge is 2.24. The minimum Gasteiger partial charge on any atom is -0.497 e. The average molecular weight is 453 g/mol. The van der Waals surface area contributed by atoms with Crippen LogP contribution in [0.5, 0.6) is 11.5 Å². The van der Waals surface area contributed by atoms with Gasteiger partial charge in [0.15, 0.2) is 0 Å². The third-order valence-electron chi connectivity index (χ3n) is 6.02. The lowest BCUT2D eigenvalue weighted by molar-refractivity contribution is 0.380. The Morgan fingerprint density at radius 2 is 0.853 bits per heavy atom. The Morgan fingerprint density at radius 1 is 0.500 bits per heavy atom. The van der Waals surface area contributed by atoms with Gasteiger partial charge >= 0.3 is 0 Å². The smallest absolute Gasteiger partial charge is 0.118 e. The molecule has 4 aromatic rings. The molecule has 0 unspecified atom stereocenters. The fourth-order valence-electron chi connectivity index (χ4n) is 4.12. The predicted molar refractivity (Wildman–Crippen MR) is 138 cm³/mol. The van der Waals surface area contributed by atoms with Crippen LogP contribution >= 0.6 is 0 Å². The van der Waals surface area contributed by atoms with Gasteiger partial charge in [0.25, 0.3) is 0 Å². The molecule has 4 aromatic carbocycles. The summed E-state index contributed by atoms with van der Waals surface area (Å²) in [5, 5.41) is 7.64. The van der Waals surface area contributed by atoms with Crippen LogP contribution in [0.25, 0.3) is 0 Å². The van der Waals surface area contributed by atoms with Crippen molar-refractivity contribution < 1.29 is 9.47 Å². The van der Waals surface area contributed by atoms with E-state index < -0.39 is 0 Å². The minimum atomic E-state index is 0.0731. The van der Waals surface area contributed by atoms with Crippen molar-refractivity contribution in [3.8, 4) is 11.5 Å². The standard InChI is InChI=1S/C30H32N2O2/c1-33-27-17-13-23(14-18-27)21-31-29(25-9-5-3-6-10-25)30(26-11-7-4-8-12-26)32-22-24-15-19-28(34-2)20-16-24/h3-20,29-32H,21-22H2,1-2H3/t29-,30-/m1/s1. The summed E-state index contributed by atoms with van der Waals surface area (Å²) in [4.78, 5) is 0. The lowest BCUT2D eigenvalue weighted by atomic mass is 9.92. The van der Waals surface area contributed by atoms with Gasteiger partial charge in [-0.1, -0.05) is 84.9 Å². The number of ether oxygens (including phenoxy) is 2. The van der Waals surface area contributed by atoms with E-state index in [1.165, 1.54) is 22.3 Å². The summed E-state index contributed by atoms with van der Waals surface area (Å²) in [6.07, 6.45) is 0. The van der Waals surface area contributed by atoms with E-state index in [2.05, 4.69) is 95.6 Å². The van der Waals surface area contributed by atoms with Crippen molar-refractivity contribution >= 4 is 0 Å². The van der Waals surface area contributed by atoms with Crippen LogP contribution in [0.1, 0.15) is 34.3 Å². The van der Waals surface area contributed by atoms with Crippen LogP contribution in [0.15, 0.2) is 109 Å². The van der Waals surface area contributed by atoms with Crippen LogP contribution in [0, 0.1) is 0 Å². The fraction of sp³-hybridized carbons (Fsp3) is 0.200. The number of benzene rings is 4. The van der Waals surface area contributed by atoms with Crippen LogP contribution < -0.4 is 20.1 Å². The molecule has 0 fully saturated rings. The van der Waals surface area contributed by atoms with Crippen molar-refractivity contribution in [1.29, 1.82) is 0 Å². The molecule has 0 saturated heterocycles. The van der Waals surface area contributed by atoms with E-state index in [9.17, 15) is 0 Å². The van der Waals surface area contributed by atoms with Gasteiger partial charge < -0.3 is 20.1 Å².